The maximum Gasteiger partial charge on any atom is 0.237 e. The van der Waals surface area contributed by atoms with Crippen LogP contribution in [0.3, 0.4) is 0 Å². The molecule has 7 nitrogen and oxygen atoms in total. The predicted molar refractivity (Wildman–Crippen MR) is 122 cm³/mol. The summed E-state index contributed by atoms with van der Waals surface area (Å²) in [6.07, 6.45) is 1.18. The Bertz CT molecular complexity index is 897. The summed E-state index contributed by atoms with van der Waals surface area (Å²) in [6.45, 7) is 5.39. The molecule has 0 bridgehead atoms. The fraction of sp³-hybridized carbons (Fsp3) is 0.375. The number of aryl methyl sites for hydroxylation is 1. The molecule has 7 heteroatoms. The smallest absolute Gasteiger partial charge is 0.237 e. The third-order valence-electron chi connectivity index (χ3n) is 5.35. The van der Waals surface area contributed by atoms with Gasteiger partial charge in [-0.2, -0.15) is 0 Å². The first-order valence-electron chi connectivity index (χ1n) is 10.7. The number of carbonyl (C=O) groups is 3. The summed E-state index contributed by atoms with van der Waals surface area (Å²) in [5, 5.41) is 8.54. The van der Waals surface area contributed by atoms with Gasteiger partial charge in [-0.15, -0.1) is 0 Å². The first-order valence-corrected chi connectivity index (χ1v) is 10.7. The van der Waals surface area contributed by atoms with Crippen LogP contribution in [0.1, 0.15) is 32.3 Å². The van der Waals surface area contributed by atoms with E-state index in [-0.39, 0.29) is 30.2 Å². The van der Waals surface area contributed by atoms with Crippen LogP contribution in [0.25, 0.3) is 0 Å². The number of nitrogens with zero attached hydrogens (tertiary/aromatic N) is 1. The van der Waals surface area contributed by atoms with Crippen molar-refractivity contribution in [1.29, 1.82) is 0 Å². The fourth-order valence-corrected chi connectivity index (χ4v) is 3.71. The molecular weight excluding hydrogens is 392 g/mol. The minimum Gasteiger partial charge on any atom is -0.353 e. The van der Waals surface area contributed by atoms with E-state index < -0.39 is 6.04 Å². The summed E-state index contributed by atoms with van der Waals surface area (Å²) in [4.78, 5) is 38.9. The fourth-order valence-electron chi connectivity index (χ4n) is 3.71. The lowest BCUT2D eigenvalue weighted by molar-refractivity contribution is -0.133. The summed E-state index contributed by atoms with van der Waals surface area (Å²) in [6, 6.07) is 16.6. The van der Waals surface area contributed by atoms with Crippen LogP contribution in [-0.4, -0.2) is 47.8 Å². The third kappa shape index (κ3) is 6.65. The summed E-state index contributed by atoms with van der Waals surface area (Å²) >= 11 is 0. The Kier molecular flexibility index (Phi) is 7.78. The van der Waals surface area contributed by atoms with Gasteiger partial charge >= 0.3 is 0 Å². The van der Waals surface area contributed by atoms with E-state index in [0.29, 0.717) is 30.8 Å². The van der Waals surface area contributed by atoms with Crippen LogP contribution in [0.5, 0.6) is 0 Å². The molecule has 2 aromatic rings. The van der Waals surface area contributed by atoms with Crippen LogP contribution in [0.2, 0.25) is 0 Å². The van der Waals surface area contributed by atoms with Crippen LogP contribution < -0.4 is 16.0 Å². The van der Waals surface area contributed by atoms with Crippen LogP contribution >= 0.6 is 0 Å². The number of piperazine rings is 1. The van der Waals surface area contributed by atoms with E-state index in [0.717, 1.165) is 12.1 Å². The molecule has 0 saturated carbocycles. The minimum atomic E-state index is -0.461. The van der Waals surface area contributed by atoms with Crippen molar-refractivity contribution in [2.75, 3.05) is 23.7 Å². The van der Waals surface area contributed by atoms with Crippen molar-refractivity contribution in [3.8, 4) is 0 Å². The summed E-state index contributed by atoms with van der Waals surface area (Å²) < 4.78 is 0. The van der Waals surface area contributed by atoms with Crippen molar-refractivity contribution in [1.82, 2.24) is 10.2 Å². The molecule has 1 heterocycles. The Morgan fingerprint density at radius 2 is 1.61 bits per heavy atom. The van der Waals surface area contributed by atoms with Crippen molar-refractivity contribution in [2.24, 2.45) is 0 Å². The van der Waals surface area contributed by atoms with Crippen molar-refractivity contribution in [3.05, 3.63) is 60.2 Å². The number of anilines is 2. The lowest BCUT2D eigenvalue weighted by atomic mass is 10.1. The zero-order chi connectivity index (χ0) is 22.2. The minimum absolute atomic E-state index is 0.0577. The van der Waals surface area contributed by atoms with Gasteiger partial charge in [-0.25, -0.2) is 0 Å². The van der Waals surface area contributed by atoms with Gasteiger partial charge in [-0.3, -0.25) is 19.3 Å². The van der Waals surface area contributed by atoms with Gasteiger partial charge in [0.25, 0.3) is 0 Å². The lowest BCUT2D eigenvalue weighted by Crippen LogP contribution is -2.58. The highest BCUT2D eigenvalue weighted by molar-refractivity contribution is 5.96. The molecule has 3 rings (SSSR count). The van der Waals surface area contributed by atoms with Gasteiger partial charge < -0.3 is 16.0 Å². The quantitative estimate of drug-likeness (QED) is 0.610. The number of carbonyl (C=O) groups excluding carboxylic acids is 3. The molecule has 1 aliphatic rings. The number of nitrogens with one attached hydrogen (secondary N) is 3. The van der Waals surface area contributed by atoms with Crippen LogP contribution in [-0.2, 0) is 20.8 Å². The summed E-state index contributed by atoms with van der Waals surface area (Å²) in [5.74, 6) is -0.381. The highest BCUT2D eigenvalue weighted by atomic mass is 16.2. The number of hydrogen-bond donors (Lipinski definition) is 3. The van der Waals surface area contributed by atoms with Gasteiger partial charge in [0.15, 0.2) is 0 Å². The van der Waals surface area contributed by atoms with Gasteiger partial charge in [0.2, 0.25) is 17.7 Å². The highest BCUT2D eigenvalue weighted by Crippen LogP contribution is 2.17. The second-order valence-electron chi connectivity index (χ2n) is 8.00. The molecule has 0 aromatic heterocycles. The Morgan fingerprint density at radius 1 is 1.00 bits per heavy atom. The summed E-state index contributed by atoms with van der Waals surface area (Å²) in [7, 11) is 0. The predicted octanol–water partition coefficient (Wildman–Crippen LogP) is 2.80. The third-order valence-corrected chi connectivity index (χ3v) is 5.35. The van der Waals surface area contributed by atoms with E-state index in [2.05, 4.69) is 16.0 Å². The number of hydrogen-bond acceptors (Lipinski definition) is 4. The first kappa shape index (κ1) is 22.5. The van der Waals surface area contributed by atoms with Gasteiger partial charge in [-0.1, -0.05) is 30.3 Å². The molecule has 0 radical (unpaired) electrons. The molecule has 31 heavy (non-hydrogen) atoms. The molecule has 1 atom stereocenters. The maximum atomic E-state index is 12.5. The second kappa shape index (κ2) is 10.7. The molecule has 1 aliphatic heterocycles. The molecule has 2 aromatic carbocycles. The molecule has 3 amide bonds. The van der Waals surface area contributed by atoms with Crippen LogP contribution in [0, 0.1) is 0 Å². The number of amides is 3. The largest absolute Gasteiger partial charge is 0.353 e. The Balaban J connectivity index is 1.48. The number of rotatable bonds is 8. The zero-order valence-corrected chi connectivity index (χ0v) is 18.1. The molecule has 1 unspecified atom stereocenters. The Labute approximate surface area is 183 Å². The highest BCUT2D eigenvalue weighted by Gasteiger charge is 2.32. The molecule has 1 fully saturated rings. The van der Waals surface area contributed by atoms with Gasteiger partial charge in [0.1, 0.15) is 0 Å². The lowest BCUT2D eigenvalue weighted by Gasteiger charge is -2.37. The maximum absolute atomic E-state index is 12.5. The molecule has 0 spiro atoms. The molecule has 3 N–H and O–H groups in total. The normalized spacial score (nSPS) is 16.6. The van der Waals surface area contributed by atoms with E-state index in [1.165, 1.54) is 0 Å². The van der Waals surface area contributed by atoms with Gasteiger partial charge in [0.05, 0.1) is 12.5 Å². The van der Waals surface area contributed by atoms with Crippen molar-refractivity contribution in [3.63, 3.8) is 0 Å². The average Bonchev–Trinajstić information content (AvgIpc) is 2.75. The van der Waals surface area contributed by atoms with E-state index >= 15 is 0 Å². The van der Waals surface area contributed by atoms with E-state index in [9.17, 15) is 14.4 Å². The standard InChI is InChI=1S/C24H30N4O3/c1-17(2)28-15-14-25-24(31)21(28)16-23(30)27-20-11-9-19(10-12-20)26-22(29)13-8-18-6-4-3-5-7-18/h3-7,9-12,17,21H,8,13-16H2,1-2H3,(H,25,31)(H,26,29)(H,27,30). The van der Waals surface area contributed by atoms with Crippen LogP contribution in [0.15, 0.2) is 54.6 Å². The van der Waals surface area contributed by atoms with E-state index in [1.54, 1.807) is 24.3 Å². The number of benzene rings is 2. The van der Waals surface area contributed by atoms with E-state index in [1.807, 2.05) is 49.1 Å². The molecule has 0 aliphatic carbocycles. The van der Waals surface area contributed by atoms with E-state index in [4.69, 9.17) is 0 Å². The van der Waals surface area contributed by atoms with Crippen molar-refractivity contribution in [2.45, 2.75) is 45.2 Å². The Morgan fingerprint density at radius 3 is 2.23 bits per heavy atom. The van der Waals surface area contributed by atoms with Crippen LogP contribution in [0.4, 0.5) is 11.4 Å². The average molecular weight is 423 g/mol. The monoisotopic (exact) mass is 422 g/mol. The Hall–Kier alpha value is -3.19. The second-order valence-corrected chi connectivity index (χ2v) is 8.00. The molecular formula is C24H30N4O3. The van der Waals surface area contributed by atoms with Gasteiger partial charge in [-0.05, 0) is 50.1 Å². The first-order chi connectivity index (χ1) is 14.9. The van der Waals surface area contributed by atoms with Crippen molar-refractivity contribution < 1.29 is 14.4 Å². The zero-order valence-electron chi connectivity index (χ0n) is 18.1. The van der Waals surface area contributed by atoms with Gasteiger partial charge in [0, 0.05) is 36.9 Å². The summed E-state index contributed by atoms with van der Waals surface area (Å²) in [5.41, 5.74) is 2.42. The topological polar surface area (TPSA) is 90.5 Å². The SMILES string of the molecule is CC(C)N1CCNC(=O)C1CC(=O)Nc1ccc(NC(=O)CCc2ccccc2)cc1. The van der Waals surface area contributed by atoms with Crippen molar-refractivity contribution >= 4 is 29.1 Å². The molecule has 1 saturated heterocycles. The molecule has 164 valence electrons.